The molecule has 2 aliphatic rings. The number of allylic oxidation sites excluding steroid dienone is 1. The molecule has 0 aromatic carbocycles. The van der Waals surface area contributed by atoms with Gasteiger partial charge in [0.05, 0.1) is 31.9 Å². The van der Waals surface area contributed by atoms with Crippen LogP contribution in [0.5, 0.6) is 0 Å². The molecule has 0 saturated carbocycles. The maximum atomic E-state index is 12.8. The third-order valence-corrected chi connectivity index (χ3v) is 4.92. The first-order valence-corrected chi connectivity index (χ1v) is 8.41. The SMILES string of the molecule is CC(C=CC#N)(CC(=O)N1CCCCC1CO)N1CCOCC1. The molecule has 0 aromatic heterocycles. The lowest BCUT2D eigenvalue weighted by Crippen LogP contribution is -2.54. The fourth-order valence-electron chi connectivity index (χ4n) is 3.49. The number of carbonyl (C=O) groups excluding carboxylic acids is 1. The van der Waals surface area contributed by atoms with E-state index in [1.54, 1.807) is 0 Å². The zero-order valence-electron chi connectivity index (χ0n) is 13.9. The van der Waals surface area contributed by atoms with E-state index in [4.69, 9.17) is 10.00 Å². The monoisotopic (exact) mass is 321 g/mol. The van der Waals surface area contributed by atoms with Gasteiger partial charge in [0, 0.05) is 37.7 Å². The zero-order chi connectivity index (χ0) is 16.7. The molecular formula is C17H27N3O3. The van der Waals surface area contributed by atoms with Gasteiger partial charge in [-0.05, 0) is 26.2 Å². The molecular weight excluding hydrogens is 294 g/mol. The molecule has 2 rings (SSSR count). The number of morpholine rings is 1. The summed E-state index contributed by atoms with van der Waals surface area (Å²) in [5, 5.41) is 18.4. The van der Waals surface area contributed by atoms with Crippen molar-refractivity contribution in [1.82, 2.24) is 9.80 Å². The molecule has 6 heteroatoms. The molecule has 1 N–H and O–H groups in total. The first-order valence-electron chi connectivity index (χ1n) is 8.41. The van der Waals surface area contributed by atoms with Crippen LogP contribution in [0, 0.1) is 11.3 Å². The van der Waals surface area contributed by atoms with E-state index in [9.17, 15) is 9.90 Å². The molecule has 128 valence electrons. The zero-order valence-corrected chi connectivity index (χ0v) is 13.9. The molecule has 6 nitrogen and oxygen atoms in total. The highest BCUT2D eigenvalue weighted by Crippen LogP contribution is 2.26. The smallest absolute Gasteiger partial charge is 0.225 e. The number of piperidine rings is 1. The molecule has 2 saturated heterocycles. The maximum absolute atomic E-state index is 12.8. The summed E-state index contributed by atoms with van der Waals surface area (Å²) in [4.78, 5) is 16.9. The normalized spacial score (nSPS) is 26.0. The first-order chi connectivity index (χ1) is 11.1. The molecule has 23 heavy (non-hydrogen) atoms. The van der Waals surface area contributed by atoms with Crippen LogP contribution in [0.4, 0.5) is 0 Å². The Morgan fingerprint density at radius 1 is 1.39 bits per heavy atom. The van der Waals surface area contributed by atoms with Gasteiger partial charge in [0.1, 0.15) is 0 Å². The van der Waals surface area contributed by atoms with Crippen LogP contribution in [0.3, 0.4) is 0 Å². The van der Waals surface area contributed by atoms with E-state index < -0.39 is 5.54 Å². The Labute approximate surface area is 138 Å². The summed E-state index contributed by atoms with van der Waals surface area (Å²) >= 11 is 0. The van der Waals surface area contributed by atoms with E-state index in [1.165, 1.54) is 6.08 Å². The predicted molar refractivity (Wildman–Crippen MR) is 86.6 cm³/mol. The van der Waals surface area contributed by atoms with Crippen LogP contribution >= 0.6 is 0 Å². The van der Waals surface area contributed by atoms with E-state index in [0.29, 0.717) is 26.2 Å². The number of hydrogen-bond acceptors (Lipinski definition) is 5. The van der Waals surface area contributed by atoms with Crippen molar-refractivity contribution in [3.05, 3.63) is 12.2 Å². The van der Waals surface area contributed by atoms with E-state index in [0.717, 1.165) is 32.4 Å². The Bertz CT molecular complexity index is 468. The van der Waals surface area contributed by atoms with Crippen molar-refractivity contribution in [3.8, 4) is 6.07 Å². The van der Waals surface area contributed by atoms with Crippen LogP contribution in [-0.4, -0.2) is 71.8 Å². The van der Waals surface area contributed by atoms with Gasteiger partial charge >= 0.3 is 0 Å². The van der Waals surface area contributed by atoms with Crippen molar-refractivity contribution in [3.63, 3.8) is 0 Å². The highest BCUT2D eigenvalue weighted by Gasteiger charge is 2.36. The van der Waals surface area contributed by atoms with Gasteiger partial charge in [0.15, 0.2) is 0 Å². The fraction of sp³-hybridized carbons (Fsp3) is 0.765. The Balaban J connectivity index is 2.11. The van der Waals surface area contributed by atoms with Gasteiger partial charge < -0.3 is 14.7 Å². The molecule has 0 bridgehead atoms. The molecule has 2 fully saturated rings. The highest BCUT2D eigenvalue weighted by molar-refractivity contribution is 5.78. The molecule has 1 amide bonds. The van der Waals surface area contributed by atoms with Gasteiger partial charge in [-0.3, -0.25) is 9.69 Å². The minimum Gasteiger partial charge on any atom is -0.394 e. The first kappa shape index (κ1) is 17.9. The molecule has 2 unspecified atom stereocenters. The standard InChI is InChI=1S/C17H27N3O3/c1-17(6-4-7-18,19-9-11-23-12-10-19)13-16(22)20-8-3-2-5-15(20)14-21/h4,6,15,21H,2-3,5,8-14H2,1H3. The van der Waals surface area contributed by atoms with Crippen molar-refractivity contribution in [2.45, 2.75) is 44.2 Å². The minimum atomic E-state index is -0.492. The van der Waals surface area contributed by atoms with Crippen LogP contribution in [0.1, 0.15) is 32.6 Å². The Morgan fingerprint density at radius 2 is 2.13 bits per heavy atom. The third-order valence-electron chi connectivity index (χ3n) is 4.92. The average Bonchev–Trinajstić information content (AvgIpc) is 2.60. The second-order valence-corrected chi connectivity index (χ2v) is 6.52. The molecule has 2 aliphatic heterocycles. The van der Waals surface area contributed by atoms with Crippen LogP contribution in [-0.2, 0) is 9.53 Å². The number of nitriles is 1. The van der Waals surface area contributed by atoms with E-state index in [1.807, 2.05) is 24.0 Å². The minimum absolute atomic E-state index is 0.0219. The van der Waals surface area contributed by atoms with Crippen LogP contribution in [0.2, 0.25) is 0 Å². The molecule has 2 atom stereocenters. The summed E-state index contributed by atoms with van der Waals surface area (Å²) in [6.07, 6.45) is 6.53. The predicted octanol–water partition coefficient (Wildman–Crippen LogP) is 0.921. The molecule has 2 heterocycles. The number of nitrogens with zero attached hydrogens (tertiary/aromatic N) is 3. The second-order valence-electron chi connectivity index (χ2n) is 6.52. The van der Waals surface area contributed by atoms with Crippen molar-refractivity contribution >= 4 is 5.91 Å². The number of amides is 1. The number of aliphatic hydroxyl groups excluding tert-OH is 1. The van der Waals surface area contributed by atoms with Crippen LogP contribution < -0.4 is 0 Å². The summed E-state index contributed by atoms with van der Waals surface area (Å²) in [5.41, 5.74) is -0.492. The Kier molecular flexibility index (Phi) is 6.58. The van der Waals surface area contributed by atoms with Gasteiger partial charge in [-0.2, -0.15) is 5.26 Å². The Hall–Kier alpha value is -1.42. The molecule has 0 aliphatic carbocycles. The van der Waals surface area contributed by atoms with Gasteiger partial charge in [-0.15, -0.1) is 0 Å². The lowest BCUT2D eigenvalue weighted by Gasteiger charge is -2.43. The van der Waals surface area contributed by atoms with Gasteiger partial charge in [0.2, 0.25) is 5.91 Å². The number of likely N-dealkylation sites (tertiary alicyclic amines) is 1. The van der Waals surface area contributed by atoms with Gasteiger partial charge in [-0.25, -0.2) is 0 Å². The lowest BCUT2D eigenvalue weighted by molar-refractivity contribution is -0.139. The van der Waals surface area contributed by atoms with Crippen molar-refractivity contribution in [2.24, 2.45) is 0 Å². The quantitative estimate of drug-likeness (QED) is 0.762. The number of hydrogen-bond donors (Lipinski definition) is 1. The highest BCUT2D eigenvalue weighted by atomic mass is 16.5. The Morgan fingerprint density at radius 3 is 2.78 bits per heavy atom. The van der Waals surface area contributed by atoms with E-state index in [2.05, 4.69) is 4.90 Å². The fourth-order valence-corrected chi connectivity index (χ4v) is 3.49. The molecule has 0 spiro atoms. The average molecular weight is 321 g/mol. The largest absolute Gasteiger partial charge is 0.394 e. The number of aliphatic hydroxyl groups is 1. The van der Waals surface area contributed by atoms with E-state index in [-0.39, 0.29) is 18.6 Å². The van der Waals surface area contributed by atoms with Gasteiger partial charge in [-0.1, -0.05) is 6.08 Å². The maximum Gasteiger partial charge on any atom is 0.225 e. The number of carbonyl (C=O) groups is 1. The van der Waals surface area contributed by atoms with E-state index >= 15 is 0 Å². The number of rotatable bonds is 5. The summed E-state index contributed by atoms with van der Waals surface area (Å²) in [5.74, 6) is 0.0559. The topological polar surface area (TPSA) is 76.8 Å². The third kappa shape index (κ3) is 4.54. The van der Waals surface area contributed by atoms with Crippen LogP contribution in [0.25, 0.3) is 0 Å². The molecule has 0 radical (unpaired) electrons. The van der Waals surface area contributed by atoms with Crippen molar-refractivity contribution < 1.29 is 14.6 Å². The van der Waals surface area contributed by atoms with Crippen molar-refractivity contribution in [2.75, 3.05) is 39.5 Å². The van der Waals surface area contributed by atoms with Gasteiger partial charge in [0.25, 0.3) is 0 Å². The summed E-state index contributed by atoms with van der Waals surface area (Å²) < 4.78 is 5.40. The summed E-state index contributed by atoms with van der Waals surface area (Å²) in [7, 11) is 0. The summed E-state index contributed by atoms with van der Waals surface area (Å²) in [6.45, 7) is 5.54. The van der Waals surface area contributed by atoms with Crippen molar-refractivity contribution in [1.29, 1.82) is 5.26 Å². The van der Waals surface area contributed by atoms with Crippen LogP contribution in [0.15, 0.2) is 12.2 Å². The lowest BCUT2D eigenvalue weighted by atomic mass is 9.92. The second kappa shape index (κ2) is 8.44. The number of ether oxygens (including phenoxy) is 1. The molecule has 0 aromatic rings. The summed E-state index contributed by atoms with van der Waals surface area (Å²) in [6, 6.07) is 1.97.